The lowest BCUT2D eigenvalue weighted by Crippen LogP contribution is -2.24. The number of allylic oxidation sites excluding steroid dienone is 1. The highest BCUT2D eigenvalue weighted by atomic mass is 28.3. The van der Waals surface area contributed by atoms with Gasteiger partial charge in [-0.1, -0.05) is 70.3 Å². The first-order valence-corrected chi connectivity index (χ1v) is 11.8. The predicted molar refractivity (Wildman–Crippen MR) is 91.5 cm³/mol. The molecule has 0 aromatic rings. The molecule has 0 aromatic carbocycles. The number of ether oxygens (including phenoxy) is 1. The maximum absolute atomic E-state index is 6.26. The SMILES string of the molecule is CCCCCC[C@H]1C/C=C\CC[C@@H](C#C[Si](C)(C)C)O1. The summed E-state index contributed by atoms with van der Waals surface area (Å²) in [4.78, 5) is 0. The molecule has 0 aromatic heterocycles. The Labute approximate surface area is 127 Å². The average molecular weight is 293 g/mol. The maximum Gasteiger partial charge on any atom is 0.129 e. The van der Waals surface area contributed by atoms with Crippen molar-refractivity contribution in [3.63, 3.8) is 0 Å². The van der Waals surface area contributed by atoms with E-state index in [9.17, 15) is 0 Å². The molecule has 0 amide bonds. The van der Waals surface area contributed by atoms with Crippen molar-refractivity contribution in [2.45, 2.75) is 90.1 Å². The van der Waals surface area contributed by atoms with E-state index in [2.05, 4.69) is 50.2 Å². The molecule has 0 bridgehead atoms. The summed E-state index contributed by atoms with van der Waals surface area (Å²) < 4.78 is 6.26. The van der Waals surface area contributed by atoms with Gasteiger partial charge >= 0.3 is 0 Å². The van der Waals surface area contributed by atoms with E-state index in [4.69, 9.17) is 4.74 Å². The van der Waals surface area contributed by atoms with Crippen molar-refractivity contribution in [3.8, 4) is 11.5 Å². The molecule has 2 heteroatoms. The van der Waals surface area contributed by atoms with Gasteiger partial charge in [0.2, 0.25) is 0 Å². The second-order valence-corrected chi connectivity index (χ2v) is 11.6. The van der Waals surface area contributed by atoms with E-state index in [1.165, 1.54) is 32.1 Å². The summed E-state index contributed by atoms with van der Waals surface area (Å²) in [6.07, 6.45) is 14.8. The van der Waals surface area contributed by atoms with Gasteiger partial charge in [0, 0.05) is 0 Å². The monoisotopic (exact) mass is 292 g/mol. The van der Waals surface area contributed by atoms with Gasteiger partial charge in [-0.15, -0.1) is 5.54 Å². The summed E-state index contributed by atoms with van der Waals surface area (Å²) in [6.45, 7) is 9.15. The van der Waals surface area contributed by atoms with Gasteiger partial charge in [-0.25, -0.2) is 0 Å². The largest absolute Gasteiger partial charge is 0.362 e. The first-order valence-electron chi connectivity index (χ1n) is 8.34. The lowest BCUT2D eigenvalue weighted by molar-refractivity contribution is 0.00863. The van der Waals surface area contributed by atoms with Crippen molar-refractivity contribution in [3.05, 3.63) is 12.2 Å². The third-order valence-corrected chi connectivity index (χ3v) is 4.40. The van der Waals surface area contributed by atoms with Gasteiger partial charge in [-0.3, -0.25) is 0 Å². The number of hydrogen-bond acceptors (Lipinski definition) is 1. The Bertz CT molecular complexity index is 343. The molecule has 0 radical (unpaired) electrons. The fourth-order valence-electron chi connectivity index (χ4n) is 2.36. The molecule has 1 nitrogen and oxygen atoms in total. The highest BCUT2D eigenvalue weighted by Gasteiger charge is 2.16. The average Bonchev–Trinajstić information content (AvgIpc) is 2.34. The molecule has 0 fully saturated rings. The van der Waals surface area contributed by atoms with Gasteiger partial charge in [0.05, 0.1) is 6.10 Å². The van der Waals surface area contributed by atoms with E-state index in [-0.39, 0.29) is 6.10 Å². The topological polar surface area (TPSA) is 9.23 Å². The van der Waals surface area contributed by atoms with Crippen molar-refractivity contribution in [2.75, 3.05) is 0 Å². The van der Waals surface area contributed by atoms with Crippen LogP contribution in [0.15, 0.2) is 12.2 Å². The predicted octanol–water partition coefficient (Wildman–Crippen LogP) is 5.33. The lowest BCUT2D eigenvalue weighted by atomic mass is 10.0. The maximum atomic E-state index is 6.26. The molecule has 1 heterocycles. The molecule has 0 saturated carbocycles. The third-order valence-electron chi connectivity index (χ3n) is 3.51. The van der Waals surface area contributed by atoms with Crippen LogP contribution in [0.4, 0.5) is 0 Å². The van der Waals surface area contributed by atoms with E-state index in [1.54, 1.807) is 0 Å². The van der Waals surface area contributed by atoms with Crippen molar-refractivity contribution in [2.24, 2.45) is 0 Å². The van der Waals surface area contributed by atoms with Gasteiger partial charge in [-0.2, -0.15) is 0 Å². The Morgan fingerprint density at radius 1 is 1.15 bits per heavy atom. The van der Waals surface area contributed by atoms with Crippen LogP contribution < -0.4 is 0 Å². The van der Waals surface area contributed by atoms with Crippen LogP contribution >= 0.6 is 0 Å². The highest BCUT2D eigenvalue weighted by Crippen LogP contribution is 2.18. The second kappa shape index (κ2) is 9.42. The molecule has 114 valence electrons. The smallest absolute Gasteiger partial charge is 0.129 e. The zero-order chi connectivity index (χ0) is 14.8. The minimum absolute atomic E-state index is 0.155. The molecular weight excluding hydrogens is 260 g/mol. The van der Waals surface area contributed by atoms with E-state index in [0.29, 0.717) is 6.10 Å². The minimum atomic E-state index is -1.29. The van der Waals surface area contributed by atoms with Crippen LogP contribution in [0.3, 0.4) is 0 Å². The molecule has 0 saturated heterocycles. The van der Waals surface area contributed by atoms with E-state index in [0.717, 1.165) is 19.3 Å². The van der Waals surface area contributed by atoms with Gasteiger partial charge in [0.1, 0.15) is 14.2 Å². The van der Waals surface area contributed by atoms with Crippen LogP contribution in [-0.4, -0.2) is 20.3 Å². The molecule has 1 aliphatic heterocycles. The summed E-state index contributed by atoms with van der Waals surface area (Å²) in [7, 11) is -1.29. The summed E-state index contributed by atoms with van der Waals surface area (Å²) in [6, 6.07) is 0. The third kappa shape index (κ3) is 8.61. The Morgan fingerprint density at radius 2 is 1.95 bits per heavy atom. The Hall–Kier alpha value is -0.523. The highest BCUT2D eigenvalue weighted by molar-refractivity contribution is 6.83. The summed E-state index contributed by atoms with van der Waals surface area (Å²) in [5, 5.41) is 0. The van der Waals surface area contributed by atoms with Crippen LogP contribution in [0, 0.1) is 11.5 Å². The van der Waals surface area contributed by atoms with Crippen LogP contribution in [0.25, 0.3) is 0 Å². The van der Waals surface area contributed by atoms with Crippen molar-refractivity contribution in [1.82, 2.24) is 0 Å². The Morgan fingerprint density at radius 3 is 2.65 bits per heavy atom. The molecule has 1 aliphatic rings. The van der Waals surface area contributed by atoms with Crippen molar-refractivity contribution in [1.29, 1.82) is 0 Å². The molecule has 0 spiro atoms. The van der Waals surface area contributed by atoms with Crippen molar-refractivity contribution >= 4 is 8.07 Å². The fraction of sp³-hybridized carbons (Fsp3) is 0.778. The van der Waals surface area contributed by atoms with Crippen LogP contribution in [0.5, 0.6) is 0 Å². The minimum Gasteiger partial charge on any atom is -0.362 e. The molecule has 1 rings (SSSR count). The second-order valence-electron chi connectivity index (χ2n) is 6.90. The quantitative estimate of drug-likeness (QED) is 0.288. The number of rotatable bonds is 5. The van der Waals surface area contributed by atoms with Crippen molar-refractivity contribution < 1.29 is 4.74 Å². The molecule has 20 heavy (non-hydrogen) atoms. The molecule has 0 unspecified atom stereocenters. The van der Waals surface area contributed by atoms with E-state index in [1.807, 2.05) is 0 Å². The van der Waals surface area contributed by atoms with Gasteiger partial charge in [0.15, 0.2) is 0 Å². The van der Waals surface area contributed by atoms with E-state index < -0.39 is 8.07 Å². The number of unbranched alkanes of at least 4 members (excludes halogenated alkanes) is 3. The standard InChI is InChI=1S/C18H32OSi/c1-5-6-7-9-12-17-13-10-8-11-14-18(19-17)15-16-20(2,3)4/h8,10,17-18H,5-7,9,11-14H2,1-4H3/b10-8-/t17-,18-/m0/s1. The summed E-state index contributed by atoms with van der Waals surface area (Å²) >= 11 is 0. The summed E-state index contributed by atoms with van der Waals surface area (Å²) in [5.41, 5.74) is 3.48. The van der Waals surface area contributed by atoms with Gasteiger partial charge in [0.25, 0.3) is 0 Å². The Balaban J connectivity index is 2.49. The normalized spacial score (nSPS) is 25.2. The van der Waals surface area contributed by atoms with E-state index >= 15 is 0 Å². The van der Waals surface area contributed by atoms with Crippen LogP contribution in [-0.2, 0) is 4.74 Å². The van der Waals surface area contributed by atoms with Gasteiger partial charge in [-0.05, 0) is 25.7 Å². The Kier molecular flexibility index (Phi) is 8.26. The molecule has 0 N–H and O–H groups in total. The molecule has 2 atom stereocenters. The molecular formula is C18H32OSi. The first-order chi connectivity index (χ1) is 9.51. The van der Waals surface area contributed by atoms with Crippen LogP contribution in [0.2, 0.25) is 19.6 Å². The van der Waals surface area contributed by atoms with Crippen LogP contribution in [0.1, 0.15) is 58.3 Å². The number of hydrogen-bond donors (Lipinski definition) is 0. The zero-order valence-electron chi connectivity index (χ0n) is 13.9. The molecule has 0 aliphatic carbocycles. The summed E-state index contributed by atoms with van der Waals surface area (Å²) in [5.74, 6) is 3.42. The zero-order valence-corrected chi connectivity index (χ0v) is 14.9. The fourth-order valence-corrected chi connectivity index (χ4v) is 2.95. The lowest BCUT2D eigenvalue weighted by Gasteiger charge is -2.23. The first kappa shape index (κ1) is 17.5. The van der Waals surface area contributed by atoms with Gasteiger partial charge < -0.3 is 4.74 Å².